The first-order valence-electron chi connectivity index (χ1n) is 8.45. The van der Waals surface area contributed by atoms with Crippen LogP contribution in [0.1, 0.15) is 11.1 Å². The summed E-state index contributed by atoms with van der Waals surface area (Å²) < 4.78 is 12.6. The van der Waals surface area contributed by atoms with E-state index in [1.54, 1.807) is 27.5 Å². The summed E-state index contributed by atoms with van der Waals surface area (Å²) in [6.07, 6.45) is 2.64. The standard InChI is InChI=1S/C18H23BrN4O3/c1-22-18(24)17(19)14(10-21-22)20-5-7-23-6-4-12-8-15(25-2)16(26-3)9-13(12)11-23/h8-10,20H,4-7,11H2,1-3H3. The molecule has 0 radical (unpaired) electrons. The van der Waals surface area contributed by atoms with E-state index in [4.69, 9.17) is 9.47 Å². The van der Waals surface area contributed by atoms with Crippen LogP contribution in [-0.4, -0.2) is 48.5 Å². The molecule has 0 unspecified atom stereocenters. The van der Waals surface area contributed by atoms with E-state index in [2.05, 4.69) is 43.4 Å². The van der Waals surface area contributed by atoms with Crippen molar-refractivity contribution in [1.82, 2.24) is 14.7 Å². The summed E-state index contributed by atoms with van der Waals surface area (Å²) in [4.78, 5) is 14.3. The largest absolute Gasteiger partial charge is 0.493 e. The highest BCUT2D eigenvalue weighted by atomic mass is 79.9. The van der Waals surface area contributed by atoms with Crippen molar-refractivity contribution < 1.29 is 9.47 Å². The highest BCUT2D eigenvalue weighted by Crippen LogP contribution is 2.33. The van der Waals surface area contributed by atoms with Crippen LogP contribution in [0.15, 0.2) is 27.6 Å². The minimum absolute atomic E-state index is 0.150. The van der Waals surface area contributed by atoms with Crippen molar-refractivity contribution in [3.05, 3.63) is 44.3 Å². The summed E-state index contributed by atoms with van der Waals surface area (Å²) in [6.45, 7) is 3.46. The Morgan fingerprint density at radius 2 is 1.92 bits per heavy atom. The van der Waals surface area contributed by atoms with Gasteiger partial charge in [0.15, 0.2) is 11.5 Å². The summed E-state index contributed by atoms with van der Waals surface area (Å²) >= 11 is 3.33. The number of ether oxygens (including phenoxy) is 2. The molecule has 2 heterocycles. The molecule has 1 aliphatic rings. The maximum absolute atomic E-state index is 11.9. The smallest absolute Gasteiger partial charge is 0.282 e. The molecule has 1 aromatic carbocycles. The lowest BCUT2D eigenvalue weighted by atomic mass is 9.99. The second-order valence-electron chi connectivity index (χ2n) is 6.23. The molecule has 2 aromatic rings. The van der Waals surface area contributed by atoms with Crippen LogP contribution in [0.3, 0.4) is 0 Å². The second-order valence-corrected chi connectivity index (χ2v) is 7.02. The molecule has 1 aliphatic heterocycles. The van der Waals surface area contributed by atoms with Crippen LogP contribution in [0.4, 0.5) is 5.69 Å². The lowest BCUT2D eigenvalue weighted by Crippen LogP contribution is -2.34. The van der Waals surface area contributed by atoms with Crippen molar-refractivity contribution in [3.63, 3.8) is 0 Å². The molecule has 0 saturated heterocycles. The number of rotatable bonds is 6. The van der Waals surface area contributed by atoms with Gasteiger partial charge in [0.25, 0.3) is 5.56 Å². The molecule has 0 spiro atoms. The third-order valence-electron chi connectivity index (χ3n) is 4.62. The fourth-order valence-electron chi connectivity index (χ4n) is 3.12. The number of nitrogens with zero attached hydrogens (tertiary/aromatic N) is 3. The van der Waals surface area contributed by atoms with Gasteiger partial charge in [0, 0.05) is 33.2 Å². The van der Waals surface area contributed by atoms with Crippen molar-refractivity contribution in [1.29, 1.82) is 0 Å². The SMILES string of the molecule is COc1cc2c(cc1OC)CN(CCNc1cnn(C)c(=O)c1Br)CC2. The summed E-state index contributed by atoms with van der Waals surface area (Å²) in [6, 6.07) is 4.14. The minimum atomic E-state index is -0.150. The van der Waals surface area contributed by atoms with Gasteiger partial charge >= 0.3 is 0 Å². The van der Waals surface area contributed by atoms with E-state index in [1.807, 2.05) is 0 Å². The van der Waals surface area contributed by atoms with E-state index in [0.717, 1.165) is 49.8 Å². The molecule has 8 heteroatoms. The van der Waals surface area contributed by atoms with Crippen LogP contribution in [0, 0.1) is 0 Å². The Morgan fingerprint density at radius 3 is 2.62 bits per heavy atom. The van der Waals surface area contributed by atoms with Gasteiger partial charge in [-0.3, -0.25) is 9.69 Å². The van der Waals surface area contributed by atoms with Crippen molar-refractivity contribution in [3.8, 4) is 11.5 Å². The number of aryl methyl sites for hydroxylation is 1. The molecule has 0 saturated carbocycles. The van der Waals surface area contributed by atoms with Crippen LogP contribution in [0.25, 0.3) is 0 Å². The first-order valence-corrected chi connectivity index (χ1v) is 9.24. The van der Waals surface area contributed by atoms with E-state index >= 15 is 0 Å². The first kappa shape index (κ1) is 18.7. The van der Waals surface area contributed by atoms with E-state index in [0.29, 0.717) is 4.47 Å². The Bertz CT molecular complexity index is 853. The lowest BCUT2D eigenvalue weighted by Gasteiger charge is -2.29. The van der Waals surface area contributed by atoms with E-state index in [1.165, 1.54) is 15.8 Å². The average Bonchev–Trinajstić information content (AvgIpc) is 2.66. The Kier molecular flexibility index (Phi) is 5.83. The third-order valence-corrected chi connectivity index (χ3v) is 5.39. The third kappa shape index (κ3) is 3.86. The molecule has 0 aliphatic carbocycles. The van der Waals surface area contributed by atoms with Gasteiger partial charge in [-0.2, -0.15) is 5.10 Å². The minimum Gasteiger partial charge on any atom is -0.493 e. The van der Waals surface area contributed by atoms with Gasteiger partial charge in [0.05, 0.1) is 26.1 Å². The molecule has 0 atom stereocenters. The predicted octanol–water partition coefficient (Wildman–Crippen LogP) is 2.03. The first-order chi connectivity index (χ1) is 12.5. The zero-order valence-electron chi connectivity index (χ0n) is 15.2. The quantitative estimate of drug-likeness (QED) is 0.767. The monoisotopic (exact) mass is 422 g/mol. The van der Waals surface area contributed by atoms with Gasteiger partial charge in [0.2, 0.25) is 0 Å². The number of halogens is 1. The van der Waals surface area contributed by atoms with Crippen LogP contribution in [-0.2, 0) is 20.0 Å². The topological polar surface area (TPSA) is 68.6 Å². The summed E-state index contributed by atoms with van der Waals surface area (Å²) in [5.41, 5.74) is 3.15. The molecule has 0 amide bonds. The number of anilines is 1. The molecule has 26 heavy (non-hydrogen) atoms. The number of fused-ring (bicyclic) bond motifs is 1. The van der Waals surface area contributed by atoms with Crippen molar-refractivity contribution in [2.24, 2.45) is 7.05 Å². The number of hydrogen-bond acceptors (Lipinski definition) is 6. The van der Waals surface area contributed by atoms with Crippen LogP contribution in [0.5, 0.6) is 11.5 Å². The highest BCUT2D eigenvalue weighted by molar-refractivity contribution is 9.10. The molecule has 7 nitrogen and oxygen atoms in total. The van der Waals surface area contributed by atoms with E-state index < -0.39 is 0 Å². The maximum atomic E-state index is 11.9. The van der Waals surface area contributed by atoms with Gasteiger partial charge in [-0.1, -0.05) is 0 Å². The fourth-order valence-corrected chi connectivity index (χ4v) is 3.61. The molecule has 0 bridgehead atoms. The summed E-state index contributed by atoms with van der Waals surface area (Å²) in [5, 5.41) is 7.33. The Balaban J connectivity index is 1.61. The van der Waals surface area contributed by atoms with Gasteiger partial charge in [-0.15, -0.1) is 0 Å². The Morgan fingerprint density at radius 1 is 1.23 bits per heavy atom. The normalized spacial score (nSPS) is 14.0. The number of hydrogen-bond donors (Lipinski definition) is 1. The zero-order valence-corrected chi connectivity index (χ0v) is 16.8. The van der Waals surface area contributed by atoms with Gasteiger partial charge < -0.3 is 14.8 Å². The van der Waals surface area contributed by atoms with Crippen LogP contribution >= 0.6 is 15.9 Å². The van der Waals surface area contributed by atoms with Gasteiger partial charge in [-0.25, -0.2) is 4.68 Å². The molecule has 140 valence electrons. The Hall–Kier alpha value is -2.06. The van der Waals surface area contributed by atoms with E-state index in [-0.39, 0.29) is 5.56 Å². The average molecular weight is 423 g/mol. The lowest BCUT2D eigenvalue weighted by molar-refractivity contribution is 0.262. The number of aromatic nitrogens is 2. The molecular weight excluding hydrogens is 400 g/mol. The van der Waals surface area contributed by atoms with Gasteiger partial charge in [0.1, 0.15) is 4.47 Å². The van der Waals surface area contributed by atoms with Gasteiger partial charge in [-0.05, 0) is 45.6 Å². The zero-order chi connectivity index (χ0) is 18.7. The number of nitrogens with one attached hydrogen (secondary N) is 1. The van der Waals surface area contributed by atoms with Crippen molar-refractivity contribution >= 4 is 21.6 Å². The molecule has 1 N–H and O–H groups in total. The Labute approximate surface area is 161 Å². The molecular formula is C18H23BrN4O3. The highest BCUT2D eigenvalue weighted by Gasteiger charge is 2.19. The van der Waals surface area contributed by atoms with E-state index in [9.17, 15) is 4.79 Å². The molecule has 0 fully saturated rings. The number of methoxy groups -OCH3 is 2. The summed E-state index contributed by atoms with van der Waals surface area (Å²) in [7, 11) is 4.95. The van der Waals surface area contributed by atoms with Crippen molar-refractivity contribution in [2.45, 2.75) is 13.0 Å². The van der Waals surface area contributed by atoms with Crippen molar-refractivity contribution in [2.75, 3.05) is 39.2 Å². The maximum Gasteiger partial charge on any atom is 0.282 e. The fraction of sp³-hybridized carbons (Fsp3) is 0.444. The van der Waals surface area contributed by atoms with Crippen LogP contribution < -0.4 is 20.3 Å². The summed E-state index contributed by atoms with van der Waals surface area (Å²) in [5.74, 6) is 1.55. The predicted molar refractivity (Wildman–Crippen MR) is 104 cm³/mol. The molecule has 1 aromatic heterocycles. The number of benzene rings is 1. The molecule has 3 rings (SSSR count). The second kappa shape index (κ2) is 8.09. The van der Waals surface area contributed by atoms with Crippen LogP contribution in [0.2, 0.25) is 0 Å².